The van der Waals surface area contributed by atoms with E-state index in [4.69, 9.17) is 10.5 Å². The maximum Gasteiger partial charge on any atom is 0.267 e. The molecule has 3 rings (SSSR count). The zero-order valence-electron chi connectivity index (χ0n) is 15.4. The van der Waals surface area contributed by atoms with E-state index >= 15 is 0 Å². The Bertz CT molecular complexity index is 924. The second-order valence-electron chi connectivity index (χ2n) is 5.89. The van der Waals surface area contributed by atoms with Gasteiger partial charge in [0.1, 0.15) is 17.2 Å². The number of primary amides is 1. The topological polar surface area (TPSA) is 81.3 Å². The molecule has 6 heteroatoms. The van der Waals surface area contributed by atoms with Crippen LogP contribution >= 0.6 is 0 Å². The molecule has 1 aromatic heterocycles. The van der Waals surface area contributed by atoms with Crippen molar-refractivity contribution >= 4 is 11.9 Å². The molecule has 1 amide bonds. The van der Waals surface area contributed by atoms with E-state index in [1.165, 1.54) is 0 Å². The minimum atomic E-state index is -0.589. The number of amides is 1. The first kappa shape index (κ1) is 18.4. The van der Waals surface area contributed by atoms with Gasteiger partial charge in [-0.05, 0) is 44.2 Å². The van der Waals surface area contributed by atoms with Crippen molar-refractivity contribution < 1.29 is 9.53 Å². The molecule has 3 aromatic rings. The Kier molecular flexibility index (Phi) is 5.66. The number of nitrogens with two attached hydrogens (primary N) is 1. The largest absolute Gasteiger partial charge is 0.457 e. The maximum atomic E-state index is 11.8. The molecule has 1 heterocycles. The van der Waals surface area contributed by atoms with Crippen molar-refractivity contribution in [2.75, 3.05) is 18.0 Å². The Labute approximate surface area is 158 Å². The molecule has 2 N–H and O–H groups in total. The van der Waals surface area contributed by atoms with E-state index in [1.54, 1.807) is 6.07 Å². The summed E-state index contributed by atoms with van der Waals surface area (Å²) >= 11 is 0. The smallest absolute Gasteiger partial charge is 0.267 e. The van der Waals surface area contributed by atoms with E-state index in [0.717, 1.165) is 24.4 Å². The minimum Gasteiger partial charge on any atom is -0.457 e. The van der Waals surface area contributed by atoms with Crippen LogP contribution in [-0.4, -0.2) is 29.0 Å². The second kappa shape index (κ2) is 8.31. The first-order valence-electron chi connectivity index (χ1n) is 8.88. The molecule has 6 nitrogen and oxygen atoms in total. The van der Waals surface area contributed by atoms with Crippen LogP contribution in [0.25, 0.3) is 11.3 Å². The number of ether oxygens (including phenoxy) is 1. The molecule has 0 aliphatic carbocycles. The molecule has 27 heavy (non-hydrogen) atoms. The van der Waals surface area contributed by atoms with Crippen molar-refractivity contribution in [1.82, 2.24) is 9.97 Å². The standard InChI is InChI=1S/C21H22N4O2/c1-3-25(4-2)21-23-17(14-18(24-21)20(22)26)16-12-8-9-13-19(16)27-15-10-6-5-7-11-15/h5-14H,3-4H2,1-2H3,(H2,22,26). The highest BCUT2D eigenvalue weighted by Gasteiger charge is 2.16. The Balaban J connectivity index is 2.09. The molecule has 0 unspecified atom stereocenters. The van der Waals surface area contributed by atoms with Crippen LogP contribution in [0.15, 0.2) is 60.7 Å². The Morgan fingerprint density at radius 2 is 1.67 bits per heavy atom. The molecule has 0 saturated carbocycles. The van der Waals surface area contributed by atoms with Crippen LogP contribution in [0.1, 0.15) is 24.3 Å². The highest BCUT2D eigenvalue weighted by Crippen LogP contribution is 2.33. The minimum absolute atomic E-state index is 0.177. The molecule has 0 aliphatic rings. The Hall–Kier alpha value is -3.41. The summed E-state index contributed by atoms with van der Waals surface area (Å²) in [5.41, 5.74) is 7.03. The molecular formula is C21H22N4O2. The lowest BCUT2D eigenvalue weighted by Crippen LogP contribution is -2.26. The molecule has 0 aliphatic heterocycles. The summed E-state index contributed by atoms with van der Waals surface area (Å²) in [5.74, 6) is 1.25. The van der Waals surface area contributed by atoms with E-state index in [0.29, 0.717) is 17.4 Å². The summed E-state index contributed by atoms with van der Waals surface area (Å²) in [6, 6.07) is 18.7. The number of benzene rings is 2. The van der Waals surface area contributed by atoms with E-state index < -0.39 is 5.91 Å². The van der Waals surface area contributed by atoms with Gasteiger partial charge in [0.15, 0.2) is 0 Å². The molecule has 0 atom stereocenters. The van der Waals surface area contributed by atoms with Gasteiger partial charge in [-0.25, -0.2) is 9.97 Å². The van der Waals surface area contributed by atoms with Crippen molar-refractivity contribution in [3.8, 4) is 22.8 Å². The van der Waals surface area contributed by atoms with E-state index in [2.05, 4.69) is 9.97 Å². The number of carbonyl (C=O) groups excluding carboxylic acids is 1. The molecule has 0 spiro atoms. The van der Waals surface area contributed by atoms with Crippen molar-refractivity contribution in [2.45, 2.75) is 13.8 Å². The number of hydrogen-bond acceptors (Lipinski definition) is 5. The van der Waals surface area contributed by atoms with Crippen LogP contribution in [0.5, 0.6) is 11.5 Å². The van der Waals surface area contributed by atoms with Crippen molar-refractivity contribution in [3.05, 3.63) is 66.4 Å². The second-order valence-corrected chi connectivity index (χ2v) is 5.89. The lowest BCUT2D eigenvalue weighted by molar-refractivity contribution is 0.0995. The van der Waals surface area contributed by atoms with Crippen molar-refractivity contribution in [2.24, 2.45) is 5.73 Å². The van der Waals surface area contributed by atoms with Crippen molar-refractivity contribution in [3.63, 3.8) is 0 Å². The van der Waals surface area contributed by atoms with Crippen LogP contribution in [0, 0.1) is 0 Å². The third kappa shape index (κ3) is 4.23. The summed E-state index contributed by atoms with van der Waals surface area (Å²) in [5, 5.41) is 0. The molecule has 0 radical (unpaired) electrons. The number of carbonyl (C=O) groups is 1. The van der Waals surface area contributed by atoms with Gasteiger partial charge in [-0.15, -0.1) is 0 Å². The highest BCUT2D eigenvalue weighted by molar-refractivity contribution is 5.92. The predicted octanol–water partition coefficient (Wildman–Crippen LogP) is 3.88. The summed E-state index contributed by atoms with van der Waals surface area (Å²) < 4.78 is 6.03. The average molecular weight is 362 g/mol. The van der Waals surface area contributed by atoms with Crippen LogP contribution in [-0.2, 0) is 0 Å². The van der Waals surface area contributed by atoms with E-state index in [1.807, 2.05) is 73.3 Å². The van der Waals surface area contributed by atoms with Crippen LogP contribution in [0.3, 0.4) is 0 Å². The Morgan fingerprint density at radius 1 is 1.00 bits per heavy atom. The quantitative estimate of drug-likeness (QED) is 0.690. The van der Waals surface area contributed by atoms with Gasteiger partial charge in [0.25, 0.3) is 5.91 Å². The van der Waals surface area contributed by atoms with E-state index in [-0.39, 0.29) is 5.69 Å². The third-order valence-corrected chi connectivity index (χ3v) is 4.15. The predicted molar refractivity (Wildman–Crippen MR) is 106 cm³/mol. The fraction of sp³-hybridized carbons (Fsp3) is 0.190. The lowest BCUT2D eigenvalue weighted by atomic mass is 10.1. The van der Waals surface area contributed by atoms with Crippen LogP contribution in [0.2, 0.25) is 0 Å². The van der Waals surface area contributed by atoms with Crippen LogP contribution in [0.4, 0.5) is 5.95 Å². The van der Waals surface area contributed by atoms with E-state index in [9.17, 15) is 4.79 Å². The third-order valence-electron chi connectivity index (χ3n) is 4.15. The summed E-state index contributed by atoms with van der Waals surface area (Å²) in [6.45, 7) is 5.46. The fourth-order valence-corrected chi connectivity index (χ4v) is 2.73. The zero-order valence-corrected chi connectivity index (χ0v) is 15.4. The number of nitrogens with zero attached hydrogens (tertiary/aromatic N) is 3. The monoisotopic (exact) mass is 362 g/mol. The average Bonchev–Trinajstić information content (AvgIpc) is 2.70. The molecule has 0 saturated heterocycles. The van der Waals surface area contributed by atoms with Gasteiger partial charge in [-0.2, -0.15) is 0 Å². The van der Waals surface area contributed by atoms with Gasteiger partial charge in [-0.3, -0.25) is 4.79 Å². The fourth-order valence-electron chi connectivity index (χ4n) is 2.73. The molecule has 138 valence electrons. The number of para-hydroxylation sites is 2. The van der Waals surface area contributed by atoms with Crippen LogP contribution < -0.4 is 15.4 Å². The normalized spacial score (nSPS) is 10.4. The maximum absolute atomic E-state index is 11.8. The molecule has 0 fully saturated rings. The number of rotatable bonds is 7. The highest BCUT2D eigenvalue weighted by atomic mass is 16.5. The van der Waals surface area contributed by atoms with Gasteiger partial charge in [0.2, 0.25) is 5.95 Å². The van der Waals surface area contributed by atoms with Gasteiger partial charge in [-0.1, -0.05) is 30.3 Å². The first-order chi connectivity index (χ1) is 13.1. The van der Waals surface area contributed by atoms with Gasteiger partial charge in [0.05, 0.1) is 5.69 Å². The number of aromatic nitrogens is 2. The number of anilines is 1. The number of hydrogen-bond donors (Lipinski definition) is 1. The molecule has 2 aromatic carbocycles. The Morgan fingerprint density at radius 3 is 2.33 bits per heavy atom. The summed E-state index contributed by atoms with van der Waals surface area (Å²) in [6.07, 6.45) is 0. The molecular weight excluding hydrogens is 340 g/mol. The summed E-state index contributed by atoms with van der Waals surface area (Å²) in [4.78, 5) is 22.7. The lowest BCUT2D eigenvalue weighted by Gasteiger charge is -2.20. The van der Waals surface area contributed by atoms with Gasteiger partial charge < -0.3 is 15.4 Å². The molecule has 0 bridgehead atoms. The van der Waals surface area contributed by atoms with Crippen molar-refractivity contribution in [1.29, 1.82) is 0 Å². The SMILES string of the molecule is CCN(CC)c1nc(C(N)=O)cc(-c2ccccc2Oc2ccccc2)n1. The summed E-state index contributed by atoms with van der Waals surface area (Å²) in [7, 11) is 0. The van der Waals surface area contributed by atoms with Gasteiger partial charge in [0, 0.05) is 18.7 Å². The zero-order chi connectivity index (χ0) is 19.2. The van der Waals surface area contributed by atoms with Gasteiger partial charge >= 0.3 is 0 Å². The first-order valence-corrected chi connectivity index (χ1v) is 8.88.